The summed E-state index contributed by atoms with van der Waals surface area (Å²) in [6, 6.07) is 3.15. The number of halogens is 2. The van der Waals surface area contributed by atoms with Gasteiger partial charge in [0.05, 0.1) is 6.42 Å². The van der Waals surface area contributed by atoms with Crippen LogP contribution < -0.4 is 5.73 Å². The minimum atomic E-state index is -0.908. The van der Waals surface area contributed by atoms with Gasteiger partial charge in [0.15, 0.2) is 0 Å². The number of hydrogen-bond acceptors (Lipinski definition) is 3. The molecule has 0 amide bonds. The maximum Gasteiger partial charge on any atom is 0.304 e. The second-order valence-electron chi connectivity index (χ2n) is 3.08. The number of rotatable bonds is 4. The molecule has 0 spiro atoms. The second-order valence-corrected chi connectivity index (χ2v) is 3.85. The maximum atomic E-state index is 10.6. The van der Waals surface area contributed by atoms with Crippen molar-refractivity contribution in [2.24, 2.45) is 5.73 Å². The maximum absolute atomic E-state index is 10.6. The van der Waals surface area contributed by atoms with Crippen molar-refractivity contribution in [1.82, 2.24) is 4.98 Å². The Bertz CT molecular complexity index is 351. The van der Waals surface area contributed by atoms with E-state index in [2.05, 4.69) is 4.98 Å². The van der Waals surface area contributed by atoms with Crippen molar-refractivity contribution in [3.63, 3.8) is 0 Å². The van der Waals surface area contributed by atoms with Gasteiger partial charge in [-0.05, 0) is 24.2 Å². The van der Waals surface area contributed by atoms with Crippen LogP contribution in [0.3, 0.4) is 0 Å². The zero-order valence-corrected chi connectivity index (χ0v) is 9.29. The third kappa shape index (κ3) is 3.66. The van der Waals surface area contributed by atoms with Gasteiger partial charge in [0, 0.05) is 5.92 Å². The molecular formula is C9H10Cl2N2O2. The zero-order chi connectivity index (χ0) is 11.4. The van der Waals surface area contributed by atoms with E-state index in [1.807, 2.05) is 0 Å². The lowest BCUT2D eigenvalue weighted by atomic mass is 9.97. The molecule has 82 valence electrons. The first-order chi connectivity index (χ1) is 7.02. The molecule has 1 aromatic rings. The monoisotopic (exact) mass is 248 g/mol. The minimum Gasteiger partial charge on any atom is -0.481 e. The number of nitrogens with two attached hydrogens (primary N) is 1. The lowest BCUT2D eigenvalue weighted by Gasteiger charge is -2.12. The summed E-state index contributed by atoms with van der Waals surface area (Å²) in [6.45, 7) is 0.225. The van der Waals surface area contributed by atoms with Gasteiger partial charge in [0.1, 0.15) is 10.3 Å². The number of aromatic nitrogens is 1. The van der Waals surface area contributed by atoms with Crippen LogP contribution >= 0.6 is 23.2 Å². The third-order valence-electron chi connectivity index (χ3n) is 1.96. The zero-order valence-electron chi connectivity index (χ0n) is 7.78. The van der Waals surface area contributed by atoms with Gasteiger partial charge in [0.25, 0.3) is 0 Å². The molecule has 1 atom stereocenters. The van der Waals surface area contributed by atoms with Gasteiger partial charge in [-0.25, -0.2) is 4.98 Å². The molecule has 1 unspecified atom stereocenters. The summed E-state index contributed by atoms with van der Waals surface area (Å²) in [6.07, 6.45) is -0.0484. The van der Waals surface area contributed by atoms with Gasteiger partial charge >= 0.3 is 5.97 Å². The Balaban J connectivity index is 2.95. The van der Waals surface area contributed by atoms with Crippen LogP contribution in [0.5, 0.6) is 0 Å². The molecule has 0 radical (unpaired) electrons. The first-order valence-electron chi connectivity index (χ1n) is 4.27. The fourth-order valence-electron chi connectivity index (χ4n) is 1.27. The second kappa shape index (κ2) is 5.30. The molecular weight excluding hydrogens is 239 g/mol. The number of pyridine rings is 1. The van der Waals surface area contributed by atoms with Crippen LogP contribution in [-0.2, 0) is 4.79 Å². The summed E-state index contributed by atoms with van der Waals surface area (Å²) in [5.74, 6) is -1.20. The highest BCUT2D eigenvalue weighted by atomic mass is 35.5. The van der Waals surface area contributed by atoms with Gasteiger partial charge < -0.3 is 10.8 Å². The Morgan fingerprint density at radius 2 is 2.00 bits per heavy atom. The molecule has 1 rings (SSSR count). The smallest absolute Gasteiger partial charge is 0.304 e. The van der Waals surface area contributed by atoms with Crippen molar-refractivity contribution < 1.29 is 9.90 Å². The number of carbonyl (C=O) groups is 1. The van der Waals surface area contributed by atoms with Crippen LogP contribution in [0.25, 0.3) is 0 Å². The van der Waals surface area contributed by atoms with Crippen molar-refractivity contribution in [1.29, 1.82) is 0 Å². The Morgan fingerprint density at radius 3 is 2.40 bits per heavy atom. The third-order valence-corrected chi connectivity index (χ3v) is 2.35. The van der Waals surface area contributed by atoms with Crippen molar-refractivity contribution in [2.75, 3.05) is 6.54 Å². The molecule has 15 heavy (non-hydrogen) atoms. The van der Waals surface area contributed by atoms with E-state index in [0.717, 1.165) is 0 Å². The van der Waals surface area contributed by atoms with E-state index in [-0.39, 0.29) is 29.2 Å². The molecule has 4 nitrogen and oxygen atoms in total. The van der Waals surface area contributed by atoms with Gasteiger partial charge in [-0.3, -0.25) is 4.79 Å². The van der Waals surface area contributed by atoms with E-state index >= 15 is 0 Å². The summed E-state index contributed by atoms with van der Waals surface area (Å²) in [5.41, 5.74) is 6.18. The van der Waals surface area contributed by atoms with Crippen molar-refractivity contribution in [2.45, 2.75) is 12.3 Å². The highest BCUT2D eigenvalue weighted by Crippen LogP contribution is 2.23. The molecule has 0 saturated heterocycles. The minimum absolute atomic E-state index is 0.0484. The van der Waals surface area contributed by atoms with Crippen LogP contribution in [0.4, 0.5) is 0 Å². The lowest BCUT2D eigenvalue weighted by molar-refractivity contribution is -0.137. The highest BCUT2D eigenvalue weighted by molar-refractivity contribution is 6.32. The molecule has 1 heterocycles. The van der Waals surface area contributed by atoms with Gasteiger partial charge in [0.2, 0.25) is 0 Å². The predicted octanol–water partition coefficient (Wildman–Crippen LogP) is 1.91. The average Bonchev–Trinajstić information content (AvgIpc) is 2.12. The average molecular weight is 249 g/mol. The number of carboxylic acid groups (broad SMARTS) is 1. The molecule has 0 aliphatic carbocycles. The lowest BCUT2D eigenvalue weighted by Crippen LogP contribution is -2.16. The van der Waals surface area contributed by atoms with E-state index in [1.165, 1.54) is 0 Å². The summed E-state index contributed by atoms with van der Waals surface area (Å²) < 4.78 is 0. The number of nitrogens with zero attached hydrogens (tertiary/aromatic N) is 1. The van der Waals surface area contributed by atoms with E-state index in [4.69, 9.17) is 34.0 Å². The first-order valence-corrected chi connectivity index (χ1v) is 5.03. The largest absolute Gasteiger partial charge is 0.481 e. The van der Waals surface area contributed by atoms with E-state index < -0.39 is 5.97 Å². The summed E-state index contributed by atoms with van der Waals surface area (Å²) in [7, 11) is 0. The van der Waals surface area contributed by atoms with Crippen LogP contribution in [0.15, 0.2) is 12.1 Å². The molecule has 3 N–H and O–H groups in total. The standard InChI is InChI=1S/C9H10Cl2N2O2/c10-7-1-5(2-8(11)13-7)6(4-12)3-9(14)15/h1-2,6H,3-4,12H2,(H,14,15). The molecule has 0 fully saturated rings. The van der Waals surface area contributed by atoms with Crippen molar-refractivity contribution in [3.8, 4) is 0 Å². The number of aliphatic carboxylic acids is 1. The van der Waals surface area contributed by atoms with Crippen LogP contribution in [0.1, 0.15) is 17.9 Å². The van der Waals surface area contributed by atoms with Crippen molar-refractivity contribution in [3.05, 3.63) is 28.0 Å². The normalized spacial score (nSPS) is 12.5. The van der Waals surface area contributed by atoms with Crippen LogP contribution in [0, 0.1) is 0 Å². The quantitative estimate of drug-likeness (QED) is 0.799. The van der Waals surface area contributed by atoms with E-state index in [0.29, 0.717) is 5.56 Å². The molecule has 0 aliphatic rings. The highest BCUT2D eigenvalue weighted by Gasteiger charge is 2.15. The summed E-state index contributed by atoms with van der Waals surface area (Å²) >= 11 is 11.4. The fourth-order valence-corrected chi connectivity index (χ4v) is 1.74. The molecule has 1 aromatic heterocycles. The summed E-state index contributed by atoms with van der Waals surface area (Å²) in [5, 5.41) is 9.15. The molecule has 0 saturated carbocycles. The topological polar surface area (TPSA) is 76.2 Å². The van der Waals surface area contributed by atoms with Crippen molar-refractivity contribution >= 4 is 29.2 Å². The SMILES string of the molecule is NCC(CC(=O)O)c1cc(Cl)nc(Cl)c1. The Kier molecular flexibility index (Phi) is 4.32. The molecule has 0 aromatic carbocycles. The molecule has 0 aliphatic heterocycles. The Morgan fingerprint density at radius 1 is 1.47 bits per heavy atom. The van der Waals surface area contributed by atoms with Gasteiger partial charge in [-0.1, -0.05) is 23.2 Å². The van der Waals surface area contributed by atoms with Crippen LogP contribution in [0.2, 0.25) is 10.3 Å². The first kappa shape index (κ1) is 12.2. The van der Waals surface area contributed by atoms with E-state index in [1.54, 1.807) is 12.1 Å². The molecule has 0 bridgehead atoms. The summed E-state index contributed by atoms with van der Waals surface area (Å²) in [4.78, 5) is 14.3. The van der Waals surface area contributed by atoms with Gasteiger partial charge in [-0.2, -0.15) is 0 Å². The van der Waals surface area contributed by atoms with Crippen LogP contribution in [-0.4, -0.2) is 22.6 Å². The molecule has 6 heteroatoms. The fraction of sp³-hybridized carbons (Fsp3) is 0.333. The Labute approximate surface area is 97.0 Å². The van der Waals surface area contributed by atoms with E-state index in [9.17, 15) is 4.79 Å². The van der Waals surface area contributed by atoms with Gasteiger partial charge in [-0.15, -0.1) is 0 Å². The number of carboxylic acids is 1. The predicted molar refractivity (Wildman–Crippen MR) is 58.3 cm³/mol. The Hall–Kier alpha value is -0.840. The number of hydrogen-bond donors (Lipinski definition) is 2.